The summed E-state index contributed by atoms with van der Waals surface area (Å²) in [5, 5.41) is 0.980. The lowest BCUT2D eigenvalue weighted by Crippen LogP contribution is -2.30. The summed E-state index contributed by atoms with van der Waals surface area (Å²) >= 11 is 5.99. The smallest absolute Gasteiger partial charge is 0.258 e. The first kappa shape index (κ1) is 18.9. The number of aryl methyl sites for hydroxylation is 1. The zero-order valence-corrected chi connectivity index (χ0v) is 16.0. The van der Waals surface area contributed by atoms with E-state index in [1.165, 1.54) is 6.08 Å². The van der Waals surface area contributed by atoms with Gasteiger partial charge in [0.25, 0.3) is 5.56 Å². The molecular formula is C21H20ClN3O2. The summed E-state index contributed by atoms with van der Waals surface area (Å²) in [5.74, 6) is 0.279. The van der Waals surface area contributed by atoms with E-state index in [1.807, 2.05) is 38.1 Å². The van der Waals surface area contributed by atoms with Crippen molar-refractivity contribution in [2.24, 2.45) is 0 Å². The third-order valence-electron chi connectivity index (χ3n) is 4.21. The van der Waals surface area contributed by atoms with Gasteiger partial charge in [0.15, 0.2) is 0 Å². The van der Waals surface area contributed by atoms with Crippen molar-refractivity contribution in [1.82, 2.24) is 14.9 Å². The van der Waals surface area contributed by atoms with Gasteiger partial charge in [-0.25, -0.2) is 4.98 Å². The number of rotatable bonds is 5. The van der Waals surface area contributed by atoms with Crippen LogP contribution >= 0.6 is 11.6 Å². The molecule has 0 bridgehead atoms. The van der Waals surface area contributed by atoms with Gasteiger partial charge < -0.3 is 9.88 Å². The van der Waals surface area contributed by atoms with Crippen LogP contribution in [0.15, 0.2) is 53.3 Å². The van der Waals surface area contributed by atoms with Crippen LogP contribution in [0.1, 0.15) is 23.9 Å². The number of fused-ring (bicyclic) bond motifs is 1. The van der Waals surface area contributed by atoms with Gasteiger partial charge in [0.1, 0.15) is 5.82 Å². The number of aromatic nitrogens is 2. The monoisotopic (exact) mass is 381 g/mol. The molecule has 1 aromatic heterocycles. The Morgan fingerprint density at radius 2 is 2.07 bits per heavy atom. The summed E-state index contributed by atoms with van der Waals surface area (Å²) in [4.78, 5) is 33.6. The van der Waals surface area contributed by atoms with Crippen LogP contribution in [0.25, 0.3) is 17.0 Å². The zero-order valence-electron chi connectivity index (χ0n) is 15.2. The first-order chi connectivity index (χ1) is 13.0. The number of halogens is 1. The summed E-state index contributed by atoms with van der Waals surface area (Å²) in [6.07, 6.45) is 3.32. The largest absolute Gasteiger partial charge is 0.332 e. The van der Waals surface area contributed by atoms with Gasteiger partial charge in [-0.05, 0) is 43.7 Å². The summed E-state index contributed by atoms with van der Waals surface area (Å²) in [6.45, 7) is 4.60. The number of nitrogens with one attached hydrogen (secondary N) is 1. The highest BCUT2D eigenvalue weighted by Gasteiger charge is 2.12. The Kier molecular flexibility index (Phi) is 5.72. The molecule has 0 spiro atoms. The topological polar surface area (TPSA) is 66.1 Å². The van der Waals surface area contributed by atoms with E-state index in [-0.39, 0.29) is 18.0 Å². The lowest BCUT2D eigenvalue weighted by Gasteiger charge is -2.18. The minimum absolute atomic E-state index is 0.146. The lowest BCUT2D eigenvalue weighted by molar-refractivity contribution is -0.126. The minimum Gasteiger partial charge on any atom is -0.332 e. The molecule has 27 heavy (non-hydrogen) atoms. The molecule has 3 rings (SSSR count). The van der Waals surface area contributed by atoms with E-state index < -0.39 is 0 Å². The molecule has 0 aliphatic carbocycles. The number of nitrogens with zero attached hydrogens (tertiary/aromatic N) is 2. The number of likely N-dealkylation sites (N-methyl/N-ethyl adjacent to an activating group) is 1. The number of carbonyl (C=O) groups is 1. The molecular weight excluding hydrogens is 362 g/mol. The minimum atomic E-state index is -0.245. The van der Waals surface area contributed by atoms with Crippen molar-refractivity contribution in [3.63, 3.8) is 0 Å². The maximum Gasteiger partial charge on any atom is 0.258 e. The molecule has 138 valence electrons. The fourth-order valence-corrected chi connectivity index (χ4v) is 2.98. The van der Waals surface area contributed by atoms with Gasteiger partial charge in [-0.3, -0.25) is 9.59 Å². The van der Waals surface area contributed by atoms with E-state index in [4.69, 9.17) is 11.6 Å². The molecule has 0 radical (unpaired) electrons. The SMILES string of the molecule is CCN(Cc1nc2cc(Cl)ccc2c(=O)[nH]1)C(=O)/C=C/c1cccc(C)c1. The van der Waals surface area contributed by atoms with Crippen LogP contribution in [0, 0.1) is 6.92 Å². The Morgan fingerprint density at radius 3 is 2.81 bits per heavy atom. The molecule has 0 aliphatic heterocycles. The molecule has 5 nitrogen and oxygen atoms in total. The normalized spacial score (nSPS) is 11.2. The van der Waals surface area contributed by atoms with Crippen molar-refractivity contribution in [1.29, 1.82) is 0 Å². The summed E-state index contributed by atoms with van der Waals surface area (Å²) in [6, 6.07) is 12.8. The first-order valence-electron chi connectivity index (χ1n) is 8.68. The highest BCUT2D eigenvalue weighted by Crippen LogP contribution is 2.15. The fraction of sp³-hybridized carbons (Fsp3) is 0.190. The number of H-pyrrole nitrogens is 1. The Balaban J connectivity index is 1.81. The van der Waals surface area contributed by atoms with Crippen molar-refractivity contribution in [2.75, 3.05) is 6.54 Å². The maximum atomic E-state index is 12.5. The van der Waals surface area contributed by atoms with E-state index in [0.29, 0.717) is 28.3 Å². The molecule has 1 N–H and O–H groups in total. The van der Waals surface area contributed by atoms with Crippen LogP contribution < -0.4 is 5.56 Å². The molecule has 0 unspecified atom stereocenters. The fourth-order valence-electron chi connectivity index (χ4n) is 2.81. The van der Waals surface area contributed by atoms with Crippen LogP contribution in [-0.2, 0) is 11.3 Å². The second-order valence-corrected chi connectivity index (χ2v) is 6.71. The van der Waals surface area contributed by atoms with E-state index in [1.54, 1.807) is 29.2 Å². The molecule has 0 fully saturated rings. The van der Waals surface area contributed by atoms with E-state index >= 15 is 0 Å². The van der Waals surface area contributed by atoms with Crippen LogP contribution in [0.5, 0.6) is 0 Å². The third kappa shape index (κ3) is 4.63. The molecule has 0 saturated heterocycles. The number of carbonyl (C=O) groups excluding carboxylic acids is 1. The molecule has 2 aromatic carbocycles. The van der Waals surface area contributed by atoms with E-state index in [2.05, 4.69) is 9.97 Å². The van der Waals surface area contributed by atoms with Crippen LogP contribution in [0.2, 0.25) is 5.02 Å². The van der Waals surface area contributed by atoms with Crippen molar-refractivity contribution >= 4 is 34.5 Å². The van der Waals surface area contributed by atoms with Crippen molar-refractivity contribution < 1.29 is 4.79 Å². The van der Waals surface area contributed by atoms with Crippen LogP contribution in [0.4, 0.5) is 0 Å². The van der Waals surface area contributed by atoms with E-state index in [9.17, 15) is 9.59 Å². The second-order valence-electron chi connectivity index (χ2n) is 6.27. The molecule has 1 heterocycles. The third-order valence-corrected chi connectivity index (χ3v) is 4.45. The van der Waals surface area contributed by atoms with E-state index in [0.717, 1.165) is 11.1 Å². The van der Waals surface area contributed by atoms with Gasteiger partial charge in [-0.15, -0.1) is 0 Å². The molecule has 0 aliphatic rings. The first-order valence-corrected chi connectivity index (χ1v) is 9.06. The molecule has 0 atom stereocenters. The number of aromatic amines is 1. The average molecular weight is 382 g/mol. The Morgan fingerprint density at radius 1 is 1.26 bits per heavy atom. The standard InChI is InChI=1S/C21H20ClN3O2/c1-3-25(20(26)10-7-15-6-4-5-14(2)11-15)13-19-23-18-12-16(22)8-9-17(18)21(27)24-19/h4-12H,3,13H2,1-2H3,(H,23,24,27)/b10-7+. The van der Waals surface area contributed by atoms with Gasteiger partial charge in [0, 0.05) is 17.6 Å². The zero-order chi connectivity index (χ0) is 19.4. The van der Waals surface area contributed by atoms with Gasteiger partial charge in [-0.2, -0.15) is 0 Å². The summed E-state index contributed by atoms with van der Waals surface area (Å²) in [7, 11) is 0. The molecule has 1 amide bonds. The molecule has 3 aromatic rings. The Labute approximate surface area is 162 Å². The van der Waals surface area contributed by atoms with Crippen LogP contribution in [-0.4, -0.2) is 27.3 Å². The number of benzene rings is 2. The summed E-state index contributed by atoms with van der Waals surface area (Å²) in [5.41, 5.74) is 2.37. The predicted octanol–water partition coefficient (Wildman–Crippen LogP) is 3.95. The lowest BCUT2D eigenvalue weighted by atomic mass is 10.1. The van der Waals surface area contributed by atoms with Gasteiger partial charge in [0.05, 0.1) is 17.4 Å². The average Bonchev–Trinajstić information content (AvgIpc) is 2.64. The van der Waals surface area contributed by atoms with Gasteiger partial charge in [0.2, 0.25) is 5.91 Å². The molecule has 6 heteroatoms. The quantitative estimate of drug-likeness (QED) is 0.680. The molecule has 0 saturated carbocycles. The van der Waals surface area contributed by atoms with Crippen molar-refractivity contribution in [3.05, 3.63) is 80.9 Å². The predicted molar refractivity (Wildman–Crippen MR) is 109 cm³/mol. The summed E-state index contributed by atoms with van der Waals surface area (Å²) < 4.78 is 0. The van der Waals surface area contributed by atoms with Gasteiger partial charge in [-0.1, -0.05) is 41.4 Å². The number of amides is 1. The number of hydrogen-bond acceptors (Lipinski definition) is 3. The maximum absolute atomic E-state index is 12.5. The number of hydrogen-bond donors (Lipinski definition) is 1. The highest BCUT2D eigenvalue weighted by molar-refractivity contribution is 6.31. The second kappa shape index (κ2) is 8.18. The Bertz CT molecular complexity index is 1070. The highest BCUT2D eigenvalue weighted by atomic mass is 35.5. The van der Waals surface area contributed by atoms with Crippen LogP contribution in [0.3, 0.4) is 0 Å². The van der Waals surface area contributed by atoms with Crippen molar-refractivity contribution in [3.8, 4) is 0 Å². The Hall–Kier alpha value is -2.92. The van der Waals surface area contributed by atoms with Crippen molar-refractivity contribution in [2.45, 2.75) is 20.4 Å². The van der Waals surface area contributed by atoms with Gasteiger partial charge >= 0.3 is 0 Å².